The van der Waals surface area contributed by atoms with Gasteiger partial charge in [0.1, 0.15) is 11.6 Å². The number of nitrogens with zero attached hydrogens (tertiary/aromatic N) is 2. The van der Waals surface area contributed by atoms with Crippen molar-refractivity contribution < 1.29 is 23.2 Å². The zero-order valence-electron chi connectivity index (χ0n) is 17.6. The summed E-state index contributed by atoms with van der Waals surface area (Å²) >= 11 is 0. The first kappa shape index (κ1) is 21.9. The molecule has 0 atom stereocenters. The van der Waals surface area contributed by atoms with Crippen molar-refractivity contribution in [1.29, 1.82) is 0 Å². The molecule has 2 heterocycles. The second kappa shape index (κ2) is 9.43. The highest BCUT2D eigenvalue weighted by Gasteiger charge is 2.28. The Kier molecular flexibility index (Phi) is 6.25. The molecule has 0 saturated heterocycles. The van der Waals surface area contributed by atoms with Crippen LogP contribution in [0.4, 0.5) is 4.39 Å². The summed E-state index contributed by atoms with van der Waals surface area (Å²) in [7, 11) is 0. The minimum absolute atomic E-state index is 0.0365. The molecule has 3 aromatic rings. The molecule has 1 aliphatic rings. The van der Waals surface area contributed by atoms with Gasteiger partial charge in [0.05, 0.1) is 5.71 Å². The van der Waals surface area contributed by atoms with Crippen LogP contribution >= 0.6 is 0 Å². The predicted molar refractivity (Wildman–Crippen MR) is 116 cm³/mol. The van der Waals surface area contributed by atoms with Gasteiger partial charge in [0.2, 0.25) is 0 Å². The van der Waals surface area contributed by atoms with Crippen molar-refractivity contribution in [2.75, 3.05) is 0 Å². The number of carbonyl (C=O) groups is 3. The number of pyridine rings is 1. The van der Waals surface area contributed by atoms with E-state index < -0.39 is 17.6 Å². The summed E-state index contributed by atoms with van der Waals surface area (Å²) in [6.45, 7) is 1.71. The average Bonchev–Trinajstić information content (AvgIpc) is 3.19. The highest BCUT2D eigenvalue weighted by molar-refractivity contribution is 6.07. The second-order valence-electron chi connectivity index (χ2n) is 7.36. The van der Waals surface area contributed by atoms with Crippen molar-refractivity contribution in [3.63, 3.8) is 0 Å². The third kappa shape index (κ3) is 4.79. The smallest absolute Gasteiger partial charge is 0.305 e. The van der Waals surface area contributed by atoms with Crippen molar-refractivity contribution in [2.24, 2.45) is 5.10 Å². The van der Waals surface area contributed by atoms with Crippen molar-refractivity contribution >= 4 is 23.4 Å². The number of hydrazone groups is 1. The van der Waals surface area contributed by atoms with Crippen LogP contribution in [0.5, 0.6) is 0 Å². The van der Waals surface area contributed by atoms with Crippen LogP contribution in [0.3, 0.4) is 0 Å². The first-order valence-electron chi connectivity index (χ1n) is 10.2. The van der Waals surface area contributed by atoms with Crippen LogP contribution in [-0.4, -0.2) is 28.4 Å². The molecule has 3 N–H and O–H groups in total. The molecule has 0 unspecified atom stereocenters. The van der Waals surface area contributed by atoms with Crippen LogP contribution in [0.15, 0.2) is 58.3 Å². The number of hydrazine groups is 1. The topological polar surface area (TPSA) is 126 Å². The molecule has 10 heteroatoms. The fraction of sp³-hybridized carbons (Fsp3) is 0.174. The third-order valence-electron chi connectivity index (χ3n) is 5.16. The summed E-state index contributed by atoms with van der Waals surface area (Å²) in [6.07, 6.45) is 4.99. The summed E-state index contributed by atoms with van der Waals surface area (Å²) in [5.74, 6) is -1.46. The molecule has 0 spiro atoms. The summed E-state index contributed by atoms with van der Waals surface area (Å²) in [5.41, 5.74) is 9.56. The molecular formula is C23H20FN5O4. The van der Waals surface area contributed by atoms with Crippen molar-refractivity contribution in [2.45, 2.75) is 26.2 Å². The van der Waals surface area contributed by atoms with Crippen LogP contribution in [-0.2, 0) is 6.42 Å². The number of amides is 3. The number of hydrogen-bond acceptors (Lipinski definition) is 6. The average molecular weight is 449 g/mol. The number of hydrogen-bond donors (Lipinski definition) is 3. The Hall–Kier alpha value is -4.34. The minimum Gasteiger partial charge on any atom is -0.455 e. The molecular weight excluding hydrogens is 429 g/mol. The first-order chi connectivity index (χ1) is 15.9. The fourth-order valence-electron chi connectivity index (χ4n) is 3.53. The summed E-state index contributed by atoms with van der Waals surface area (Å²) in [6, 6.07) is 8.06. The van der Waals surface area contributed by atoms with E-state index in [1.165, 1.54) is 24.5 Å². The van der Waals surface area contributed by atoms with E-state index in [0.717, 1.165) is 18.6 Å². The van der Waals surface area contributed by atoms with Gasteiger partial charge in [0.25, 0.3) is 11.8 Å². The molecule has 1 aromatic carbocycles. The molecule has 3 amide bonds. The number of aryl methyl sites for hydroxylation is 1. The Morgan fingerprint density at radius 1 is 0.939 bits per heavy atom. The fourth-order valence-corrected chi connectivity index (χ4v) is 3.53. The summed E-state index contributed by atoms with van der Waals surface area (Å²) < 4.78 is 18.8. The van der Waals surface area contributed by atoms with E-state index >= 15 is 0 Å². The lowest BCUT2D eigenvalue weighted by Crippen LogP contribution is -2.41. The van der Waals surface area contributed by atoms with Gasteiger partial charge in [-0.05, 0) is 56.2 Å². The molecule has 0 bridgehead atoms. The van der Waals surface area contributed by atoms with Crippen LogP contribution in [0, 0.1) is 12.7 Å². The monoisotopic (exact) mass is 449 g/mol. The Labute approximate surface area is 188 Å². The SMILES string of the molecule is Cc1c(C(=O)NNC(=O)c2ccc(F)cc2)oc2c1/C(=N/NC(=O)c1ccncc1)CCC2. The lowest BCUT2D eigenvalue weighted by molar-refractivity contribution is 0.0829. The van der Waals surface area contributed by atoms with Crippen LogP contribution in [0.2, 0.25) is 0 Å². The Bertz CT molecular complexity index is 1240. The largest absolute Gasteiger partial charge is 0.455 e. The summed E-state index contributed by atoms with van der Waals surface area (Å²) in [5, 5.41) is 4.26. The Balaban J connectivity index is 1.47. The summed E-state index contributed by atoms with van der Waals surface area (Å²) in [4.78, 5) is 40.9. The minimum atomic E-state index is -0.641. The van der Waals surface area contributed by atoms with Gasteiger partial charge < -0.3 is 4.42 Å². The number of halogens is 1. The zero-order chi connectivity index (χ0) is 23.4. The van der Waals surface area contributed by atoms with Crippen molar-refractivity contribution in [3.05, 3.63) is 88.4 Å². The van der Waals surface area contributed by atoms with E-state index in [2.05, 4.69) is 26.4 Å². The number of fused-ring (bicyclic) bond motifs is 1. The lowest BCUT2D eigenvalue weighted by atomic mass is 9.93. The van der Waals surface area contributed by atoms with E-state index in [-0.39, 0.29) is 17.2 Å². The van der Waals surface area contributed by atoms with Gasteiger partial charge in [-0.2, -0.15) is 5.10 Å². The molecule has 168 valence electrons. The Morgan fingerprint density at radius 2 is 1.61 bits per heavy atom. The molecule has 9 nitrogen and oxygen atoms in total. The number of nitrogens with one attached hydrogen (secondary N) is 3. The molecule has 0 radical (unpaired) electrons. The second-order valence-corrected chi connectivity index (χ2v) is 7.36. The molecule has 4 rings (SSSR count). The molecule has 0 aliphatic heterocycles. The van der Waals surface area contributed by atoms with Gasteiger partial charge >= 0.3 is 5.91 Å². The van der Waals surface area contributed by atoms with Crippen molar-refractivity contribution in [1.82, 2.24) is 21.3 Å². The maximum Gasteiger partial charge on any atom is 0.305 e. The lowest BCUT2D eigenvalue weighted by Gasteiger charge is -2.13. The van der Waals surface area contributed by atoms with Gasteiger partial charge in [0.15, 0.2) is 5.76 Å². The number of carbonyl (C=O) groups excluding carboxylic acids is 3. The number of benzene rings is 1. The first-order valence-corrected chi connectivity index (χ1v) is 10.2. The maximum atomic E-state index is 13.0. The van der Waals surface area contributed by atoms with Crippen LogP contribution in [0.1, 0.15) is 61.0 Å². The van der Waals surface area contributed by atoms with E-state index in [0.29, 0.717) is 41.0 Å². The highest BCUT2D eigenvalue weighted by Crippen LogP contribution is 2.29. The molecule has 1 aliphatic carbocycles. The van der Waals surface area contributed by atoms with Crippen molar-refractivity contribution in [3.8, 4) is 0 Å². The van der Waals surface area contributed by atoms with E-state index in [4.69, 9.17) is 4.42 Å². The molecule has 0 fully saturated rings. The number of furan rings is 1. The number of aromatic nitrogens is 1. The quantitative estimate of drug-likeness (QED) is 0.528. The predicted octanol–water partition coefficient (Wildman–Crippen LogP) is 2.67. The highest BCUT2D eigenvalue weighted by atomic mass is 19.1. The van der Waals surface area contributed by atoms with Gasteiger partial charge in [-0.15, -0.1) is 0 Å². The van der Waals surface area contributed by atoms with Gasteiger partial charge in [-0.3, -0.25) is 30.2 Å². The Morgan fingerprint density at radius 3 is 2.33 bits per heavy atom. The number of rotatable bonds is 4. The van der Waals surface area contributed by atoms with Crippen LogP contribution in [0.25, 0.3) is 0 Å². The standard InChI is InChI=1S/C23H20FN5O4/c1-13-19-17(26-27-22(31)15-9-11-25-12-10-15)3-2-4-18(19)33-20(13)23(32)29-28-21(30)14-5-7-16(24)8-6-14/h5-12H,2-4H2,1H3,(H,27,31)(H,28,30)(H,29,32)/b26-17+. The zero-order valence-corrected chi connectivity index (χ0v) is 17.6. The third-order valence-corrected chi connectivity index (χ3v) is 5.16. The maximum absolute atomic E-state index is 13.0. The van der Waals surface area contributed by atoms with E-state index in [9.17, 15) is 18.8 Å². The molecule has 2 aromatic heterocycles. The van der Waals surface area contributed by atoms with Crippen LogP contribution < -0.4 is 16.3 Å². The molecule has 33 heavy (non-hydrogen) atoms. The van der Waals surface area contributed by atoms with E-state index in [1.54, 1.807) is 19.1 Å². The van der Waals surface area contributed by atoms with E-state index in [1.807, 2.05) is 0 Å². The van der Waals surface area contributed by atoms with Gasteiger partial charge in [0, 0.05) is 41.1 Å². The normalized spacial score (nSPS) is 13.8. The molecule has 0 saturated carbocycles. The van der Waals surface area contributed by atoms with Gasteiger partial charge in [-0.1, -0.05) is 0 Å². The van der Waals surface area contributed by atoms with Gasteiger partial charge in [-0.25, -0.2) is 9.82 Å².